The highest BCUT2D eigenvalue weighted by Crippen LogP contribution is 2.23. The number of esters is 1. The Hall–Kier alpha value is -3.15. The molecule has 1 aliphatic rings. The summed E-state index contributed by atoms with van der Waals surface area (Å²) in [7, 11) is 0. The quantitative estimate of drug-likeness (QED) is 0.746. The van der Waals surface area contributed by atoms with Crippen LogP contribution in [0.2, 0.25) is 0 Å². The molecule has 146 valence electrons. The van der Waals surface area contributed by atoms with Crippen LogP contribution < -0.4 is 10.2 Å². The molecule has 0 aliphatic carbocycles. The first-order valence-corrected chi connectivity index (χ1v) is 9.44. The summed E-state index contributed by atoms with van der Waals surface area (Å²) in [6, 6.07) is 16.8. The lowest BCUT2D eigenvalue weighted by atomic mass is 9.98. The van der Waals surface area contributed by atoms with Gasteiger partial charge >= 0.3 is 5.97 Å². The molecule has 2 amide bonds. The summed E-state index contributed by atoms with van der Waals surface area (Å²) in [5.41, 5.74) is 2.47. The molecule has 2 aromatic rings. The Balaban J connectivity index is 1.44. The van der Waals surface area contributed by atoms with Crippen molar-refractivity contribution < 1.29 is 19.1 Å². The van der Waals surface area contributed by atoms with Gasteiger partial charge in [-0.25, -0.2) is 0 Å². The van der Waals surface area contributed by atoms with E-state index in [9.17, 15) is 14.4 Å². The van der Waals surface area contributed by atoms with Gasteiger partial charge in [-0.1, -0.05) is 37.3 Å². The van der Waals surface area contributed by atoms with Gasteiger partial charge in [-0.15, -0.1) is 0 Å². The van der Waals surface area contributed by atoms with Crippen LogP contribution in [0.4, 0.5) is 11.4 Å². The van der Waals surface area contributed by atoms with Crippen LogP contribution in [-0.2, 0) is 19.1 Å². The fourth-order valence-electron chi connectivity index (χ4n) is 3.20. The lowest BCUT2D eigenvalue weighted by Gasteiger charge is -2.16. The van der Waals surface area contributed by atoms with Gasteiger partial charge in [0, 0.05) is 24.3 Å². The maximum atomic E-state index is 12.0. The SMILES string of the molecule is C[C@H](CC(=O)OCC(=O)Nc1ccc(N2CCCC2=O)cc1)c1ccccc1. The molecule has 1 heterocycles. The van der Waals surface area contributed by atoms with E-state index in [-0.39, 0.29) is 24.9 Å². The van der Waals surface area contributed by atoms with Crippen LogP contribution in [0.15, 0.2) is 54.6 Å². The summed E-state index contributed by atoms with van der Waals surface area (Å²) in [6.45, 7) is 2.35. The fourth-order valence-corrected chi connectivity index (χ4v) is 3.20. The van der Waals surface area contributed by atoms with Crippen LogP contribution in [0, 0.1) is 0 Å². The van der Waals surface area contributed by atoms with Crippen molar-refractivity contribution >= 4 is 29.2 Å². The number of nitrogens with zero attached hydrogens (tertiary/aromatic N) is 1. The number of amides is 2. The number of anilines is 2. The number of carbonyl (C=O) groups is 3. The summed E-state index contributed by atoms with van der Waals surface area (Å²) in [5, 5.41) is 2.69. The highest BCUT2D eigenvalue weighted by molar-refractivity contribution is 5.96. The van der Waals surface area contributed by atoms with Crippen LogP contribution >= 0.6 is 0 Å². The molecule has 6 heteroatoms. The number of hydrogen-bond donors (Lipinski definition) is 1. The lowest BCUT2D eigenvalue weighted by Crippen LogP contribution is -2.24. The zero-order valence-electron chi connectivity index (χ0n) is 15.9. The molecule has 0 radical (unpaired) electrons. The van der Waals surface area contributed by atoms with Crippen molar-refractivity contribution in [3.8, 4) is 0 Å². The first-order valence-electron chi connectivity index (χ1n) is 9.44. The lowest BCUT2D eigenvalue weighted by molar-refractivity contribution is -0.147. The number of carbonyl (C=O) groups excluding carboxylic acids is 3. The summed E-state index contributed by atoms with van der Waals surface area (Å²) in [5.74, 6) is -0.661. The van der Waals surface area contributed by atoms with E-state index in [0.29, 0.717) is 12.1 Å². The monoisotopic (exact) mass is 380 g/mol. The molecule has 0 spiro atoms. The molecular weight excluding hydrogens is 356 g/mol. The van der Waals surface area contributed by atoms with E-state index in [0.717, 1.165) is 24.2 Å². The minimum Gasteiger partial charge on any atom is -0.456 e. The van der Waals surface area contributed by atoms with Crippen molar-refractivity contribution in [2.45, 2.75) is 32.1 Å². The normalized spacial score (nSPS) is 14.6. The second-order valence-electron chi connectivity index (χ2n) is 6.92. The molecule has 3 rings (SSSR count). The van der Waals surface area contributed by atoms with Crippen molar-refractivity contribution in [3.05, 3.63) is 60.2 Å². The smallest absolute Gasteiger partial charge is 0.306 e. The number of rotatable bonds is 7. The Morgan fingerprint density at radius 3 is 2.46 bits per heavy atom. The molecule has 1 aliphatic heterocycles. The Bertz CT molecular complexity index is 833. The summed E-state index contributed by atoms with van der Waals surface area (Å²) < 4.78 is 5.08. The largest absolute Gasteiger partial charge is 0.456 e. The number of ether oxygens (including phenoxy) is 1. The minimum absolute atomic E-state index is 0.0256. The Morgan fingerprint density at radius 2 is 1.82 bits per heavy atom. The van der Waals surface area contributed by atoms with Crippen molar-refractivity contribution in [1.82, 2.24) is 0 Å². The minimum atomic E-state index is -0.408. The fraction of sp³-hybridized carbons (Fsp3) is 0.318. The standard InChI is InChI=1S/C22H24N2O4/c1-16(17-6-3-2-4-7-17)14-22(27)28-15-20(25)23-18-9-11-19(12-10-18)24-13-5-8-21(24)26/h2-4,6-7,9-12,16H,5,8,13-15H2,1H3,(H,23,25)/t16-/m1/s1. The Labute approximate surface area is 164 Å². The van der Waals surface area contributed by atoms with Crippen LogP contribution in [0.25, 0.3) is 0 Å². The molecule has 0 aromatic heterocycles. The molecule has 0 unspecified atom stereocenters. The summed E-state index contributed by atoms with van der Waals surface area (Å²) in [4.78, 5) is 37.5. The molecule has 0 bridgehead atoms. The highest BCUT2D eigenvalue weighted by atomic mass is 16.5. The van der Waals surface area contributed by atoms with Gasteiger partial charge in [0.05, 0.1) is 6.42 Å². The van der Waals surface area contributed by atoms with E-state index in [2.05, 4.69) is 5.32 Å². The van der Waals surface area contributed by atoms with E-state index in [4.69, 9.17) is 4.74 Å². The van der Waals surface area contributed by atoms with Gasteiger partial charge in [0.2, 0.25) is 5.91 Å². The van der Waals surface area contributed by atoms with Gasteiger partial charge in [0.15, 0.2) is 6.61 Å². The molecule has 28 heavy (non-hydrogen) atoms. The van der Waals surface area contributed by atoms with Crippen molar-refractivity contribution in [2.24, 2.45) is 0 Å². The Kier molecular flexibility index (Phi) is 6.42. The zero-order chi connectivity index (χ0) is 19.9. The predicted octanol–water partition coefficient (Wildman–Crippen LogP) is 3.49. The third kappa shape index (κ3) is 5.19. The van der Waals surface area contributed by atoms with E-state index < -0.39 is 11.9 Å². The van der Waals surface area contributed by atoms with Gasteiger partial charge in [-0.3, -0.25) is 14.4 Å². The van der Waals surface area contributed by atoms with Gasteiger partial charge in [0.25, 0.3) is 5.91 Å². The van der Waals surface area contributed by atoms with Crippen LogP contribution in [-0.4, -0.2) is 30.9 Å². The molecule has 2 aromatic carbocycles. The highest BCUT2D eigenvalue weighted by Gasteiger charge is 2.21. The molecule has 6 nitrogen and oxygen atoms in total. The summed E-state index contributed by atoms with van der Waals surface area (Å²) >= 11 is 0. The molecule has 1 fully saturated rings. The molecular formula is C22H24N2O4. The van der Waals surface area contributed by atoms with Gasteiger partial charge in [0.1, 0.15) is 0 Å². The maximum Gasteiger partial charge on any atom is 0.306 e. The molecule has 0 saturated carbocycles. The number of hydrogen-bond acceptors (Lipinski definition) is 4. The Morgan fingerprint density at radius 1 is 1.11 bits per heavy atom. The predicted molar refractivity (Wildman–Crippen MR) is 107 cm³/mol. The second-order valence-corrected chi connectivity index (χ2v) is 6.92. The van der Waals surface area contributed by atoms with Crippen molar-refractivity contribution in [1.29, 1.82) is 0 Å². The van der Waals surface area contributed by atoms with Gasteiger partial charge in [-0.2, -0.15) is 0 Å². The van der Waals surface area contributed by atoms with Gasteiger partial charge < -0.3 is 15.0 Å². The average molecular weight is 380 g/mol. The first-order chi connectivity index (χ1) is 13.5. The second kappa shape index (κ2) is 9.17. The third-order valence-electron chi connectivity index (χ3n) is 4.74. The maximum absolute atomic E-state index is 12.0. The van der Waals surface area contributed by atoms with Gasteiger partial charge in [-0.05, 0) is 42.2 Å². The third-order valence-corrected chi connectivity index (χ3v) is 4.74. The van der Waals surface area contributed by atoms with Crippen molar-refractivity contribution in [2.75, 3.05) is 23.4 Å². The molecule has 1 N–H and O–H groups in total. The topological polar surface area (TPSA) is 75.7 Å². The van der Waals surface area contributed by atoms with E-state index in [1.807, 2.05) is 37.3 Å². The number of benzene rings is 2. The molecule has 1 saturated heterocycles. The van der Waals surface area contributed by atoms with E-state index >= 15 is 0 Å². The van der Waals surface area contributed by atoms with Crippen LogP contribution in [0.5, 0.6) is 0 Å². The van der Waals surface area contributed by atoms with Crippen LogP contribution in [0.1, 0.15) is 37.7 Å². The number of nitrogens with one attached hydrogen (secondary N) is 1. The first kappa shape index (κ1) is 19.6. The summed E-state index contributed by atoms with van der Waals surface area (Å²) in [6.07, 6.45) is 1.66. The van der Waals surface area contributed by atoms with E-state index in [1.54, 1.807) is 29.2 Å². The van der Waals surface area contributed by atoms with Crippen molar-refractivity contribution in [3.63, 3.8) is 0 Å². The molecule has 1 atom stereocenters. The van der Waals surface area contributed by atoms with E-state index in [1.165, 1.54) is 0 Å². The average Bonchev–Trinajstić information content (AvgIpc) is 3.13. The zero-order valence-corrected chi connectivity index (χ0v) is 15.9. The van der Waals surface area contributed by atoms with Crippen LogP contribution in [0.3, 0.4) is 0 Å².